The van der Waals surface area contributed by atoms with E-state index in [1.54, 1.807) is 17.3 Å². The van der Waals surface area contributed by atoms with Gasteiger partial charge in [0.25, 0.3) is 0 Å². The predicted molar refractivity (Wildman–Crippen MR) is 131 cm³/mol. The Balaban J connectivity index is 1.57. The minimum atomic E-state index is -1.24. The van der Waals surface area contributed by atoms with E-state index in [2.05, 4.69) is 25.5 Å². The molecule has 0 saturated carbocycles. The summed E-state index contributed by atoms with van der Waals surface area (Å²) >= 11 is 0. The lowest BCUT2D eigenvalue weighted by Gasteiger charge is -2.25. The Morgan fingerprint density at radius 1 is 1.11 bits per heavy atom. The fourth-order valence-corrected chi connectivity index (χ4v) is 4.49. The van der Waals surface area contributed by atoms with Crippen LogP contribution in [-0.4, -0.2) is 49.9 Å². The zero-order chi connectivity index (χ0) is 24.4. The van der Waals surface area contributed by atoms with E-state index in [9.17, 15) is 14.7 Å². The summed E-state index contributed by atoms with van der Waals surface area (Å²) in [5.74, 6) is 0.968. The van der Waals surface area contributed by atoms with E-state index in [1.807, 2.05) is 61.5 Å². The smallest absolute Gasteiger partial charge is 0.405 e. The first-order valence-corrected chi connectivity index (χ1v) is 11.3. The van der Waals surface area contributed by atoms with Crippen LogP contribution >= 0.6 is 0 Å². The number of anilines is 1. The van der Waals surface area contributed by atoms with Crippen molar-refractivity contribution in [1.82, 2.24) is 25.5 Å². The summed E-state index contributed by atoms with van der Waals surface area (Å²) < 4.78 is 0. The molecule has 4 aromatic rings. The number of aromatic nitrogens is 4. The summed E-state index contributed by atoms with van der Waals surface area (Å²) in [7, 11) is 0. The molecule has 1 atom stereocenters. The minimum absolute atomic E-state index is 0.259. The summed E-state index contributed by atoms with van der Waals surface area (Å²) in [5, 5.41) is 19.1. The summed E-state index contributed by atoms with van der Waals surface area (Å²) in [5.41, 5.74) is 5.27. The van der Waals surface area contributed by atoms with Crippen LogP contribution in [0.3, 0.4) is 0 Å². The molecule has 35 heavy (non-hydrogen) atoms. The summed E-state index contributed by atoms with van der Waals surface area (Å²) in [6, 6.07) is 16.3. The Hall–Kier alpha value is -4.53. The first kappa shape index (κ1) is 22.3. The molecule has 3 heterocycles. The van der Waals surface area contributed by atoms with Gasteiger partial charge in [0, 0.05) is 36.6 Å². The highest BCUT2D eigenvalue weighted by Gasteiger charge is 2.33. The summed E-state index contributed by atoms with van der Waals surface area (Å²) in [4.78, 5) is 35.5. The van der Waals surface area contributed by atoms with Crippen molar-refractivity contribution in [3.63, 3.8) is 0 Å². The average Bonchev–Trinajstić information content (AvgIpc) is 3.50. The Morgan fingerprint density at radius 3 is 2.57 bits per heavy atom. The molecule has 0 bridgehead atoms. The van der Waals surface area contributed by atoms with Gasteiger partial charge in [-0.2, -0.15) is 5.10 Å². The van der Waals surface area contributed by atoms with Crippen LogP contribution in [-0.2, 0) is 17.6 Å². The van der Waals surface area contributed by atoms with Crippen molar-refractivity contribution >= 4 is 17.7 Å². The zero-order valence-electron chi connectivity index (χ0n) is 19.1. The summed E-state index contributed by atoms with van der Waals surface area (Å²) in [6.45, 7) is 2.28. The maximum atomic E-state index is 13.7. The van der Waals surface area contributed by atoms with Crippen molar-refractivity contribution in [3.8, 4) is 22.5 Å². The molecule has 3 N–H and O–H groups in total. The van der Waals surface area contributed by atoms with Gasteiger partial charge in [-0.15, -0.1) is 0 Å². The number of nitrogens with one attached hydrogen (secondary N) is 2. The maximum absolute atomic E-state index is 13.7. The van der Waals surface area contributed by atoms with Crippen LogP contribution in [0.1, 0.15) is 17.0 Å². The second-order valence-electron chi connectivity index (χ2n) is 8.43. The first-order valence-electron chi connectivity index (χ1n) is 11.3. The van der Waals surface area contributed by atoms with Gasteiger partial charge in [-0.25, -0.2) is 9.78 Å². The van der Waals surface area contributed by atoms with Crippen molar-refractivity contribution in [2.45, 2.75) is 25.8 Å². The fourth-order valence-electron chi connectivity index (χ4n) is 4.49. The van der Waals surface area contributed by atoms with Crippen LogP contribution in [0, 0.1) is 6.92 Å². The van der Waals surface area contributed by atoms with Gasteiger partial charge in [0.2, 0.25) is 5.91 Å². The number of benzene rings is 2. The molecule has 2 aromatic heterocycles. The molecule has 176 valence electrons. The molecule has 1 unspecified atom stereocenters. The van der Waals surface area contributed by atoms with Crippen molar-refractivity contribution < 1.29 is 14.7 Å². The maximum Gasteiger partial charge on any atom is 0.405 e. The van der Waals surface area contributed by atoms with Crippen LogP contribution in [0.15, 0.2) is 67.0 Å². The fraction of sp³-hybridized carbons (Fsp3) is 0.192. The third kappa shape index (κ3) is 4.61. The van der Waals surface area contributed by atoms with Crippen LogP contribution in [0.4, 0.5) is 10.5 Å². The Morgan fingerprint density at radius 2 is 1.89 bits per heavy atom. The van der Waals surface area contributed by atoms with Gasteiger partial charge in [-0.3, -0.25) is 14.9 Å². The van der Waals surface area contributed by atoms with E-state index in [4.69, 9.17) is 0 Å². The number of carbonyl (C=O) groups excluding carboxylic acids is 1. The number of carbonyl (C=O) groups is 2. The van der Waals surface area contributed by atoms with Crippen LogP contribution < -0.4 is 10.2 Å². The third-order valence-corrected chi connectivity index (χ3v) is 6.10. The largest absolute Gasteiger partial charge is 0.465 e. The Kier molecular flexibility index (Phi) is 5.97. The van der Waals surface area contributed by atoms with Gasteiger partial charge in [0.05, 0.1) is 0 Å². The SMILES string of the molecule is Cc1nc(-c2cc(-c3ccncc3)cc3c2CCN3C(=O)C(Cc2ccccc2)NC(=O)O)n[nH]1. The van der Waals surface area contributed by atoms with E-state index in [-0.39, 0.29) is 12.3 Å². The summed E-state index contributed by atoms with van der Waals surface area (Å²) in [6.07, 6.45) is 3.07. The van der Waals surface area contributed by atoms with Crippen molar-refractivity contribution in [2.24, 2.45) is 0 Å². The first-order chi connectivity index (χ1) is 17.0. The van der Waals surface area contributed by atoms with E-state index >= 15 is 0 Å². The zero-order valence-corrected chi connectivity index (χ0v) is 19.1. The topological polar surface area (TPSA) is 124 Å². The highest BCUT2D eigenvalue weighted by Crippen LogP contribution is 2.39. The Labute approximate surface area is 201 Å². The molecule has 9 heteroatoms. The third-order valence-electron chi connectivity index (χ3n) is 6.10. The van der Waals surface area contributed by atoms with Gasteiger partial charge in [-0.1, -0.05) is 30.3 Å². The normalized spacial score (nSPS) is 13.3. The van der Waals surface area contributed by atoms with E-state index < -0.39 is 12.1 Å². The molecule has 0 spiro atoms. The number of H-pyrrole nitrogens is 1. The quantitative estimate of drug-likeness (QED) is 0.397. The highest BCUT2D eigenvalue weighted by molar-refractivity contribution is 6.02. The number of hydrogen-bond acceptors (Lipinski definition) is 5. The molecule has 0 saturated heterocycles. The molecular weight excluding hydrogens is 444 g/mol. The van der Waals surface area contributed by atoms with Crippen molar-refractivity contribution in [1.29, 1.82) is 0 Å². The van der Waals surface area contributed by atoms with Gasteiger partial charge < -0.3 is 15.3 Å². The predicted octanol–water partition coefficient (Wildman–Crippen LogP) is 3.61. The number of hydrogen-bond donors (Lipinski definition) is 3. The number of pyridine rings is 1. The molecule has 0 aliphatic carbocycles. The molecule has 1 aliphatic rings. The molecule has 1 aliphatic heterocycles. The van der Waals surface area contributed by atoms with Gasteiger partial charge in [-0.05, 0) is 59.9 Å². The number of amides is 2. The number of nitrogens with zero attached hydrogens (tertiary/aromatic N) is 4. The molecule has 2 amide bonds. The van der Waals surface area contributed by atoms with E-state index in [1.165, 1.54) is 0 Å². The monoisotopic (exact) mass is 468 g/mol. The lowest BCUT2D eigenvalue weighted by Crippen LogP contribution is -2.49. The molecule has 2 aromatic carbocycles. The molecular formula is C26H24N6O3. The van der Waals surface area contributed by atoms with E-state index in [0.29, 0.717) is 24.6 Å². The van der Waals surface area contributed by atoms with E-state index in [0.717, 1.165) is 33.5 Å². The lowest BCUT2D eigenvalue weighted by atomic mass is 9.97. The molecule has 0 fully saturated rings. The highest BCUT2D eigenvalue weighted by atomic mass is 16.4. The second kappa shape index (κ2) is 9.38. The average molecular weight is 469 g/mol. The van der Waals surface area contributed by atoms with Gasteiger partial charge in [0.1, 0.15) is 11.9 Å². The number of carboxylic acid groups (broad SMARTS) is 1. The Bertz CT molecular complexity index is 1370. The van der Waals surface area contributed by atoms with Crippen LogP contribution in [0.2, 0.25) is 0 Å². The number of fused-ring (bicyclic) bond motifs is 1. The lowest BCUT2D eigenvalue weighted by molar-refractivity contribution is -0.120. The van der Waals surface area contributed by atoms with Gasteiger partial charge in [0.15, 0.2) is 5.82 Å². The minimum Gasteiger partial charge on any atom is -0.465 e. The number of aromatic amines is 1. The van der Waals surface area contributed by atoms with Crippen LogP contribution in [0.25, 0.3) is 22.5 Å². The van der Waals surface area contributed by atoms with Gasteiger partial charge >= 0.3 is 6.09 Å². The van der Waals surface area contributed by atoms with Crippen LogP contribution in [0.5, 0.6) is 0 Å². The van der Waals surface area contributed by atoms with Crippen molar-refractivity contribution in [2.75, 3.05) is 11.4 Å². The molecule has 9 nitrogen and oxygen atoms in total. The molecule has 5 rings (SSSR count). The second-order valence-corrected chi connectivity index (χ2v) is 8.43. The number of rotatable bonds is 6. The van der Waals surface area contributed by atoms with Crippen molar-refractivity contribution in [3.05, 3.63) is 83.9 Å². The molecule has 0 radical (unpaired) electrons. The number of aryl methyl sites for hydroxylation is 1. The standard InChI is InChI=1S/C26H24N6O3/c1-16-28-24(31-30-16)21-14-19(18-7-10-27-11-8-18)15-23-20(21)9-12-32(23)25(33)22(29-26(34)35)13-17-5-3-2-4-6-17/h2-8,10-11,14-15,22,29H,9,12-13H2,1H3,(H,34,35)(H,28,30,31).